The van der Waals surface area contributed by atoms with Gasteiger partial charge in [0.2, 0.25) is 5.91 Å². The van der Waals surface area contributed by atoms with Gasteiger partial charge in [-0.05, 0) is 12.2 Å². The van der Waals surface area contributed by atoms with Gasteiger partial charge in [0, 0.05) is 38.9 Å². The molecule has 0 atom stereocenters. The van der Waals surface area contributed by atoms with Crippen LogP contribution in [0.15, 0.2) is 11.6 Å². The highest BCUT2D eigenvalue weighted by Gasteiger charge is 2.10. The molecular formula is C12H22N2OS. The zero-order valence-electron chi connectivity index (χ0n) is 10.3. The Kier molecular flexibility index (Phi) is 6.57. The molecule has 3 nitrogen and oxygen atoms in total. The van der Waals surface area contributed by atoms with Gasteiger partial charge < -0.3 is 5.32 Å². The first-order valence-corrected chi connectivity index (χ1v) is 7.10. The maximum absolute atomic E-state index is 10.8. The zero-order valence-corrected chi connectivity index (χ0v) is 11.1. The summed E-state index contributed by atoms with van der Waals surface area (Å²) in [5.41, 5.74) is 1.37. The second kappa shape index (κ2) is 7.74. The van der Waals surface area contributed by atoms with Crippen LogP contribution in [0.5, 0.6) is 0 Å². The molecule has 1 N–H and O–H groups in total. The van der Waals surface area contributed by atoms with Gasteiger partial charge in [-0.2, -0.15) is 11.8 Å². The minimum absolute atomic E-state index is 0.0580. The molecule has 92 valence electrons. The van der Waals surface area contributed by atoms with Crippen molar-refractivity contribution in [1.29, 1.82) is 0 Å². The van der Waals surface area contributed by atoms with Crippen LogP contribution in [0.4, 0.5) is 0 Å². The van der Waals surface area contributed by atoms with Crippen LogP contribution < -0.4 is 5.32 Å². The normalized spacial score (nSPS) is 17.0. The third-order valence-corrected chi connectivity index (χ3v) is 3.59. The Morgan fingerprint density at radius 2 is 2.44 bits per heavy atom. The third kappa shape index (κ3) is 5.56. The predicted molar refractivity (Wildman–Crippen MR) is 70.8 cm³/mol. The highest BCUT2D eigenvalue weighted by atomic mass is 32.2. The van der Waals surface area contributed by atoms with Crippen LogP contribution in [0.2, 0.25) is 0 Å². The lowest BCUT2D eigenvalue weighted by Gasteiger charge is -2.26. The van der Waals surface area contributed by atoms with Crippen molar-refractivity contribution < 1.29 is 4.79 Å². The number of carbonyl (C=O) groups is 1. The molecule has 0 spiro atoms. The van der Waals surface area contributed by atoms with Crippen molar-refractivity contribution in [1.82, 2.24) is 10.2 Å². The van der Waals surface area contributed by atoms with Crippen LogP contribution in [0.1, 0.15) is 20.3 Å². The van der Waals surface area contributed by atoms with E-state index in [9.17, 15) is 4.79 Å². The molecule has 0 radical (unpaired) electrons. The van der Waals surface area contributed by atoms with Crippen molar-refractivity contribution in [2.45, 2.75) is 20.3 Å². The van der Waals surface area contributed by atoms with E-state index in [0.717, 1.165) is 26.1 Å². The van der Waals surface area contributed by atoms with Gasteiger partial charge >= 0.3 is 0 Å². The van der Waals surface area contributed by atoms with Gasteiger partial charge in [0.05, 0.1) is 0 Å². The SMILES string of the molecule is CCSCCN1CC=C(CNC(C)=O)CC1. The molecule has 1 aliphatic heterocycles. The summed E-state index contributed by atoms with van der Waals surface area (Å²) in [6.45, 7) is 7.86. The fraction of sp³-hybridized carbons (Fsp3) is 0.750. The summed E-state index contributed by atoms with van der Waals surface area (Å²) >= 11 is 2.00. The lowest BCUT2D eigenvalue weighted by Crippen LogP contribution is -2.33. The number of carbonyl (C=O) groups excluding carboxylic acids is 1. The summed E-state index contributed by atoms with van der Waals surface area (Å²) < 4.78 is 0. The zero-order chi connectivity index (χ0) is 11.8. The molecule has 0 aromatic rings. The molecule has 0 aliphatic carbocycles. The van der Waals surface area contributed by atoms with Crippen LogP contribution in [-0.2, 0) is 4.79 Å². The third-order valence-electron chi connectivity index (χ3n) is 2.71. The van der Waals surface area contributed by atoms with Gasteiger partial charge in [0.25, 0.3) is 0 Å². The Hall–Kier alpha value is -0.480. The van der Waals surface area contributed by atoms with Crippen LogP contribution in [-0.4, -0.2) is 48.5 Å². The van der Waals surface area contributed by atoms with Crippen molar-refractivity contribution in [2.75, 3.05) is 37.7 Å². The van der Waals surface area contributed by atoms with Crippen LogP contribution in [0.25, 0.3) is 0 Å². The summed E-state index contributed by atoms with van der Waals surface area (Å²) in [5.74, 6) is 2.49. The Labute approximate surface area is 103 Å². The van der Waals surface area contributed by atoms with Crippen LogP contribution in [0.3, 0.4) is 0 Å². The monoisotopic (exact) mass is 242 g/mol. The minimum Gasteiger partial charge on any atom is -0.353 e. The topological polar surface area (TPSA) is 32.3 Å². The first-order chi connectivity index (χ1) is 7.72. The average Bonchev–Trinajstić information content (AvgIpc) is 2.28. The number of nitrogens with one attached hydrogen (secondary N) is 1. The summed E-state index contributed by atoms with van der Waals surface area (Å²) in [7, 11) is 0. The van der Waals surface area contributed by atoms with Crippen molar-refractivity contribution in [2.24, 2.45) is 0 Å². The Balaban J connectivity index is 2.17. The lowest BCUT2D eigenvalue weighted by atomic mass is 10.1. The Morgan fingerprint density at radius 3 is 3.00 bits per heavy atom. The average molecular weight is 242 g/mol. The second-order valence-electron chi connectivity index (χ2n) is 4.02. The van der Waals surface area contributed by atoms with E-state index >= 15 is 0 Å². The van der Waals surface area contributed by atoms with Gasteiger partial charge in [0.15, 0.2) is 0 Å². The standard InChI is InChI=1S/C12H22N2OS/c1-3-16-9-8-14-6-4-12(5-7-14)10-13-11(2)15/h4H,3,5-10H2,1-2H3,(H,13,15). The van der Waals surface area contributed by atoms with Crippen molar-refractivity contribution >= 4 is 17.7 Å². The highest BCUT2D eigenvalue weighted by Crippen LogP contribution is 2.10. The number of hydrogen-bond acceptors (Lipinski definition) is 3. The quantitative estimate of drug-likeness (QED) is 0.566. The summed E-state index contributed by atoms with van der Waals surface area (Å²) in [4.78, 5) is 13.2. The van der Waals surface area contributed by atoms with E-state index in [2.05, 4.69) is 23.2 Å². The highest BCUT2D eigenvalue weighted by molar-refractivity contribution is 7.99. The number of amides is 1. The molecule has 0 bridgehead atoms. The predicted octanol–water partition coefficient (Wildman–Crippen LogP) is 1.51. The summed E-state index contributed by atoms with van der Waals surface area (Å²) in [6.07, 6.45) is 3.35. The first kappa shape index (κ1) is 13.6. The van der Waals surface area contributed by atoms with Gasteiger partial charge in [-0.15, -0.1) is 0 Å². The molecule has 0 fully saturated rings. The maximum Gasteiger partial charge on any atom is 0.217 e. The molecule has 0 aromatic heterocycles. The van der Waals surface area contributed by atoms with E-state index in [0.29, 0.717) is 0 Å². The van der Waals surface area contributed by atoms with Crippen LogP contribution >= 0.6 is 11.8 Å². The molecule has 1 amide bonds. The molecule has 4 heteroatoms. The Bertz CT molecular complexity index is 253. The fourth-order valence-corrected chi connectivity index (χ4v) is 2.37. The van der Waals surface area contributed by atoms with E-state index in [4.69, 9.17) is 0 Å². The van der Waals surface area contributed by atoms with Gasteiger partial charge in [-0.25, -0.2) is 0 Å². The smallest absolute Gasteiger partial charge is 0.217 e. The van der Waals surface area contributed by atoms with Gasteiger partial charge in [0.1, 0.15) is 0 Å². The fourth-order valence-electron chi connectivity index (χ4n) is 1.69. The molecule has 1 heterocycles. The Morgan fingerprint density at radius 1 is 1.62 bits per heavy atom. The number of nitrogens with zero attached hydrogens (tertiary/aromatic N) is 1. The first-order valence-electron chi connectivity index (χ1n) is 5.94. The maximum atomic E-state index is 10.8. The molecule has 0 unspecified atom stereocenters. The summed E-state index contributed by atoms with van der Waals surface area (Å²) in [6, 6.07) is 0. The number of hydrogen-bond donors (Lipinski definition) is 1. The van der Waals surface area contributed by atoms with Crippen LogP contribution in [0, 0.1) is 0 Å². The molecule has 1 rings (SSSR count). The molecule has 16 heavy (non-hydrogen) atoms. The molecule has 0 aromatic carbocycles. The summed E-state index contributed by atoms with van der Waals surface area (Å²) in [5, 5.41) is 2.85. The number of thioether (sulfide) groups is 1. The van der Waals surface area contributed by atoms with Crippen molar-refractivity contribution in [3.05, 3.63) is 11.6 Å². The van der Waals surface area contributed by atoms with E-state index in [1.54, 1.807) is 6.92 Å². The largest absolute Gasteiger partial charge is 0.353 e. The van der Waals surface area contributed by atoms with Crippen molar-refractivity contribution in [3.8, 4) is 0 Å². The van der Waals surface area contributed by atoms with Gasteiger partial charge in [-0.3, -0.25) is 9.69 Å². The molecule has 0 saturated heterocycles. The minimum atomic E-state index is 0.0580. The lowest BCUT2D eigenvalue weighted by molar-refractivity contribution is -0.118. The van der Waals surface area contributed by atoms with Gasteiger partial charge in [-0.1, -0.05) is 18.6 Å². The van der Waals surface area contributed by atoms with E-state index < -0.39 is 0 Å². The molecule has 0 saturated carbocycles. The number of rotatable bonds is 6. The van der Waals surface area contributed by atoms with Crippen molar-refractivity contribution in [3.63, 3.8) is 0 Å². The van der Waals surface area contributed by atoms with E-state index in [1.807, 2.05) is 11.8 Å². The molecule has 1 aliphatic rings. The second-order valence-corrected chi connectivity index (χ2v) is 5.41. The van der Waals surface area contributed by atoms with E-state index in [1.165, 1.54) is 23.6 Å². The molecular weight excluding hydrogens is 220 g/mol. The van der Waals surface area contributed by atoms with E-state index in [-0.39, 0.29) is 5.91 Å².